The summed E-state index contributed by atoms with van der Waals surface area (Å²) in [4.78, 5) is 0. The van der Waals surface area contributed by atoms with Crippen molar-refractivity contribution in [3.8, 4) is 27.9 Å². The lowest BCUT2D eigenvalue weighted by Gasteiger charge is -2.44. The first-order valence-corrected chi connectivity index (χ1v) is 17.1. The molecule has 1 nitrogen and oxygen atoms in total. The highest BCUT2D eigenvalue weighted by Crippen LogP contribution is 2.65. The maximum atomic E-state index is 2.56. The van der Waals surface area contributed by atoms with Crippen molar-refractivity contribution in [2.75, 3.05) is 0 Å². The molecule has 0 amide bonds. The molecule has 0 unspecified atom stereocenters. The van der Waals surface area contributed by atoms with Crippen LogP contribution < -0.4 is 0 Å². The van der Waals surface area contributed by atoms with E-state index in [-0.39, 0.29) is 21.7 Å². The third-order valence-electron chi connectivity index (χ3n) is 13.5. The minimum Gasteiger partial charge on any atom is -0.309 e. The van der Waals surface area contributed by atoms with Crippen LogP contribution in [-0.2, 0) is 16.2 Å². The summed E-state index contributed by atoms with van der Waals surface area (Å²) in [5, 5.41) is 2.67. The zero-order chi connectivity index (χ0) is 32.1. The normalized spacial score (nSPS) is 18.3. The van der Waals surface area contributed by atoms with Crippen molar-refractivity contribution in [2.24, 2.45) is 5.41 Å². The Bertz CT molecular complexity index is 2440. The fourth-order valence-corrected chi connectivity index (χ4v) is 9.99. The van der Waals surface area contributed by atoms with Gasteiger partial charge in [-0.25, -0.2) is 0 Å². The highest BCUT2D eigenvalue weighted by Gasteiger charge is 2.57. The maximum Gasteiger partial charge on any atom is 0.0726 e. The fraction of sp³-hybridized carbons (Fsp3) is 0.217. The van der Waals surface area contributed by atoms with E-state index in [0.717, 1.165) is 0 Å². The maximum absolute atomic E-state index is 2.56. The standard InChI is InChI=1S/C46H39N/c1-43(2)39-25-34-33-24-32-31-20-12-15-23-37(31)46(35-21-13-10-18-29(35)30-19-11-14-22-36(30)46)38(32)26-41(33)47(28-16-8-7-9-17-28)42(34)27-40(39)44(3,4)45(43,5)6/h7-27H,1-6H3. The summed E-state index contributed by atoms with van der Waals surface area (Å²) in [5.41, 5.74) is 17.5. The molecule has 0 N–H and O–H groups in total. The average molecular weight is 606 g/mol. The molecular formula is C46H39N. The van der Waals surface area contributed by atoms with Gasteiger partial charge in [0.25, 0.3) is 0 Å². The highest BCUT2D eigenvalue weighted by atomic mass is 15.0. The van der Waals surface area contributed by atoms with Crippen LogP contribution in [0.4, 0.5) is 0 Å². The van der Waals surface area contributed by atoms with Crippen LogP contribution >= 0.6 is 0 Å². The Kier molecular flexibility index (Phi) is 4.94. The van der Waals surface area contributed by atoms with Crippen LogP contribution in [0.2, 0.25) is 0 Å². The summed E-state index contributed by atoms with van der Waals surface area (Å²) in [5.74, 6) is 0. The number of para-hydroxylation sites is 1. The van der Waals surface area contributed by atoms with E-state index in [1.807, 2.05) is 0 Å². The highest BCUT2D eigenvalue weighted by molar-refractivity contribution is 6.13. The average Bonchev–Trinajstić information content (AvgIpc) is 3.70. The number of hydrogen-bond donors (Lipinski definition) is 0. The van der Waals surface area contributed by atoms with Gasteiger partial charge in [0.1, 0.15) is 0 Å². The van der Waals surface area contributed by atoms with Gasteiger partial charge >= 0.3 is 0 Å². The Morgan fingerprint density at radius 1 is 0.383 bits per heavy atom. The van der Waals surface area contributed by atoms with Gasteiger partial charge in [0.15, 0.2) is 0 Å². The molecule has 3 aliphatic rings. The second-order valence-electron chi connectivity index (χ2n) is 15.8. The number of rotatable bonds is 1. The molecule has 1 spiro atoms. The van der Waals surface area contributed by atoms with Crippen molar-refractivity contribution in [1.29, 1.82) is 0 Å². The van der Waals surface area contributed by atoms with Gasteiger partial charge < -0.3 is 4.57 Å². The number of aromatic nitrogens is 1. The lowest BCUT2D eigenvalue weighted by molar-refractivity contribution is 0.125. The van der Waals surface area contributed by atoms with E-state index in [2.05, 4.69) is 174 Å². The largest absolute Gasteiger partial charge is 0.309 e. The van der Waals surface area contributed by atoms with Gasteiger partial charge in [0.2, 0.25) is 0 Å². The molecule has 1 aromatic heterocycles. The van der Waals surface area contributed by atoms with Crippen LogP contribution in [0.15, 0.2) is 127 Å². The summed E-state index contributed by atoms with van der Waals surface area (Å²) >= 11 is 0. The summed E-state index contributed by atoms with van der Waals surface area (Å²) in [6, 6.07) is 48.6. The Balaban J connectivity index is 1.39. The first kappa shape index (κ1) is 27.3. The number of nitrogens with zero attached hydrogens (tertiary/aromatic N) is 1. The summed E-state index contributed by atoms with van der Waals surface area (Å²) in [6.45, 7) is 14.7. The molecular weight excluding hydrogens is 567 g/mol. The smallest absolute Gasteiger partial charge is 0.0726 e. The van der Waals surface area contributed by atoms with Crippen LogP contribution in [0.25, 0.3) is 49.7 Å². The van der Waals surface area contributed by atoms with E-state index in [1.54, 1.807) is 0 Å². The molecule has 0 aliphatic heterocycles. The molecule has 0 radical (unpaired) electrons. The van der Waals surface area contributed by atoms with Gasteiger partial charge in [-0.2, -0.15) is 0 Å². The monoisotopic (exact) mass is 605 g/mol. The molecule has 47 heavy (non-hydrogen) atoms. The van der Waals surface area contributed by atoms with Crippen molar-refractivity contribution < 1.29 is 0 Å². The summed E-state index contributed by atoms with van der Waals surface area (Å²) < 4.78 is 2.54. The predicted octanol–water partition coefficient (Wildman–Crippen LogP) is 11.7. The molecule has 7 aromatic rings. The molecule has 3 aliphatic carbocycles. The summed E-state index contributed by atoms with van der Waals surface area (Å²) in [7, 11) is 0. The zero-order valence-corrected chi connectivity index (χ0v) is 28.1. The van der Waals surface area contributed by atoms with Crippen molar-refractivity contribution >= 4 is 21.8 Å². The Labute approximate surface area is 277 Å². The molecule has 1 heterocycles. The van der Waals surface area contributed by atoms with Gasteiger partial charge in [-0.1, -0.05) is 133 Å². The van der Waals surface area contributed by atoms with Gasteiger partial charge in [-0.3, -0.25) is 0 Å². The minimum atomic E-state index is -0.360. The van der Waals surface area contributed by atoms with Crippen LogP contribution in [0.3, 0.4) is 0 Å². The second-order valence-corrected chi connectivity index (χ2v) is 15.8. The number of hydrogen-bond acceptors (Lipinski definition) is 0. The van der Waals surface area contributed by atoms with Crippen LogP contribution in [0, 0.1) is 5.41 Å². The predicted molar refractivity (Wildman–Crippen MR) is 197 cm³/mol. The van der Waals surface area contributed by atoms with Crippen LogP contribution in [0.1, 0.15) is 74.9 Å². The van der Waals surface area contributed by atoms with E-state index in [1.165, 1.54) is 83.1 Å². The van der Waals surface area contributed by atoms with E-state index < -0.39 is 0 Å². The molecule has 6 aromatic carbocycles. The third-order valence-corrected chi connectivity index (χ3v) is 13.5. The Hall–Kier alpha value is -4.88. The molecule has 0 fully saturated rings. The van der Waals surface area contributed by atoms with E-state index in [9.17, 15) is 0 Å². The van der Waals surface area contributed by atoms with Crippen molar-refractivity contribution in [2.45, 2.75) is 57.8 Å². The lowest BCUT2D eigenvalue weighted by atomic mass is 9.59. The molecule has 0 saturated carbocycles. The van der Waals surface area contributed by atoms with E-state index >= 15 is 0 Å². The third kappa shape index (κ3) is 2.95. The lowest BCUT2D eigenvalue weighted by Crippen LogP contribution is -2.42. The first-order chi connectivity index (χ1) is 22.6. The minimum absolute atomic E-state index is 0.0278. The van der Waals surface area contributed by atoms with Gasteiger partial charge in [0, 0.05) is 16.5 Å². The van der Waals surface area contributed by atoms with Gasteiger partial charge in [0.05, 0.1) is 16.4 Å². The molecule has 1 heteroatoms. The van der Waals surface area contributed by atoms with Gasteiger partial charge in [-0.05, 0) is 108 Å². The number of fused-ring (bicyclic) bond motifs is 14. The Morgan fingerprint density at radius 2 is 0.809 bits per heavy atom. The first-order valence-electron chi connectivity index (χ1n) is 17.1. The molecule has 10 rings (SSSR count). The molecule has 0 atom stereocenters. The zero-order valence-electron chi connectivity index (χ0n) is 28.1. The van der Waals surface area contributed by atoms with Crippen LogP contribution in [-0.4, -0.2) is 4.57 Å². The molecule has 0 bridgehead atoms. The molecule has 0 saturated heterocycles. The summed E-state index contributed by atoms with van der Waals surface area (Å²) in [6.07, 6.45) is 0. The Morgan fingerprint density at radius 3 is 1.36 bits per heavy atom. The van der Waals surface area contributed by atoms with E-state index in [0.29, 0.717) is 0 Å². The van der Waals surface area contributed by atoms with Crippen molar-refractivity contribution in [3.63, 3.8) is 0 Å². The second kappa shape index (κ2) is 8.52. The van der Waals surface area contributed by atoms with E-state index in [4.69, 9.17) is 0 Å². The fourth-order valence-electron chi connectivity index (χ4n) is 9.99. The van der Waals surface area contributed by atoms with Gasteiger partial charge in [-0.15, -0.1) is 0 Å². The number of benzene rings is 6. The molecule has 228 valence electrons. The SMILES string of the molecule is CC1(C)c2cc3c4cc5c(cc4n(-c4ccccc4)c3cc2C(C)(C)C1(C)C)C1(c2ccccc2-c2ccccc21)c1ccccc1-5. The van der Waals surface area contributed by atoms with Crippen molar-refractivity contribution in [1.82, 2.24) is 4.57 Å². The van der Waals surface area contributed by atoms with Crippen molar-refractivity contribution in [3.05, 3.63) is 161 Å². The topological polar surface area (TPSA) is 4.93 Å². The quantitative estimate of drug-likeness (QED) is 0.175. The van der Waals surface area contributed by atoms with Crippen LogP contribution in [0.5, 0.6) is 0 Å².